The fourth-order valence-electron chi connectivity index (χ4n) is 1.57. The van der Waals surface area contributed by atoms with Gasteiger partial charge in [-0.25, -0.2) is 0 Å². The number of aryl methyl sites for hydroxylation is 1. The monoisotopic (exact) mass is 237 g/mol. The van der Waals surface area contributed by atoms with Crippen molar-refractivity contribution in [3.8, 4) is 0 Å². The zero-order valence-electron chi connectivity index (χ0n) is 9.12. The van der Waals surface area contributed by atoms with Gasteiger partial charge in [-0.3, -0.25) is 4.79 Å². The molecule has 1 heterocycles. The van der Waals surface area contributed by atoms with Gasteiger partial charge in [-0.15, -0.1) is 0 Å². The Bertz CT molecular complexity index is 496. The van der Waals surface area contributed by atoms with Gasteiger partial charge >= 0.3 is 0 Å². The second kappa shape index (κ2) is 3.79. The topological polar surface area (TPSA) is 58.7 Å². The van der Waals surface area contributed by atoms with E-state index < -0.39 is 0 Å². The van der Waals surface area contributed by atoms with E-state index in [-0.39, 0.29) is 12.3 Å². The fourth-order valence-corrected chi connectivity index (χ4v) is 1.86. The summed E-state index contributed by atoms with van der Waals surface area (Å²) in [6.45, 7) is 3.88. The van der Waals surface area contributed by atoms with Crippen LogP contribution >= 0.6 is 11.6 Å². The first-order valence-corrected chi connectivity index (χ1v) is 5.30. The number of hydrogen-bond donors (Lipinski definition) is 1. The van der Waals surface area contributed by atoms with Gasteiger partial charge in [0.15, 0.2) is 0 Å². The van der Waals surface area contributed by atoms with E-state index in [9.17, 15) is 4.79 Å². The van der Waals surface area contributed by atoms with E-state index >= 15 is 0 Å². The van der Waals surface area contributed by atoms with Gasteiger partial charge in [0, 0.05) is 0 Å². The maximum atomic E-state index is 11.6. The van der Waals surface area contributed by atoms with E-state index in [1.807, 2.05) is 19.9 Å². The number of carbonyl (C=O) groups excluding carboxylic acids is 1. The summed E-state index contributed by atoms with van der Waals surface area (Å²) >= 11 is 6.19. The summed E-state index contributed by atoms with van der Waals surface area (Å²) in [6.07, 6.45) is 0.156. The minimum Gasteiger partial charge on any atom is -0.385 e. The van der Waals surface area contributed by atoms with Crippen LogP contribution in [0, 0.1) is 13.8 Å². The van der Waals surface area contributed by atoms with Gasteiger partial charge in [-0.05, 0) is 31.0 Å². The van der Waals surface area contributed by atoms with E-state index in [4.69, 9.17) is 17.3 Å². The fraction of sp³-hybridized carbons (Fsp3) is 0.273. The molecule has 5 heteroatoms. The predicted octanol–water partition coefficient (Wildman–Crippen LogP) is 1.97. The van der Waals surface area contributed by atoms with Gasteiger partial charge < -0.3 is 5.73 Å². The molecule has 0 bridgehead atoms. The van der Waals surface area contributed by atoms with Crippen molar-refractivity contribution < 1.29 is 4.79 Å². The third kappa shape index (κ3) is 1.65. The first-order chi connectivity index (χ1) is 7.50. The number of anilines is 1. The summed E-state index contributed by atoms with van der Waals surface area (Å²) in [5.74, 6) is 0.168. The van der Waals surface area contributed by atoms with E-state index in [1.54, 1.807) is 6.07 Å². The number of carbonyl (C=O) groups is 1. The number of nitrogens with two attached hydrogens (primary N) is 1. The van der Waals surface area contributed by atoms with E-state index in [0.29, 0.717) is 16.5 Å². The number of rotatable bonds is 1. The smallest absolute Gasteiger partial charge is 0.255 e. The van der Waals surface area contributed by atoms with Gasteiger partial charge in [0.25, 0.3) is 5.91 Å². The van der Waals surface area contributed by atoms with Gasteiger partial charge in [0.1, 0.15) is 5.84 Å². The standard InChI is InChI=1S/C11H12ClN3O/c1-6-3-4-8(11(12)7(6)2)15-10(16)5-9(13)14-15/h3-4H,5H2,1-2H3,(H2,13,14). The maximum absolute atomic E-state index is 11.6. The SMILES string of the molecule is Cc1ccc(N2N=C(N)CC2=O)c(Cl)c1C. The van der Waals surface area contributed by atoms with Gasteiger partial charge in [0.2, 0.25) is 0 Å². The number of amidine groups is 1. The number of nitrogens with zero attached hydrogens (tertiary/aromatic N) is 2. The average Bonchev–Trinajstić information content (AvgIpc) is 2.55. The second-order valence-electron chi connectivity index (χ2n) is 3.81. The zero-order chi connectivity index (χ0) is 11.9. The Kier molecular flexibility index (Phi) is 2.59. The van der Waals surface area contributed by atoms with E-state index in [2.05, 4.69) is 5.10 Å². The third-order valence-electron chi connectivity index (χ3n) is 2.66. The molecule has 0 spiro atoms. The summed E-state index contributed by atoms with van der Waals surface area (Å²) in [5.41, 5.74) is 8.14. The molecule has 2 rings (SSSR count). The van der Waals surface area contributed by atoms with Crippen molar-refractivity contribution >= 4 is 29.0 Å². The van der Waals surface area contributed by atoms with Crippen LogP contribution in [0.2, 0.25) is 5.02 Å². The Labute approximate surface area is 98.7 Å². The highest BCUT2D eigenvalue weighted by Gasteiger charge is 2.25. The molecule has 1 aliphatic rings. The highest BCUT2D eigenvalue weighted by atomic mass is 35.5. The lowest BCUT2D eigenvalue weighted by molar-refractivity contribution is -0.116. The molecule has 0 aliphatic carbocycles. The quantitative estimate of drug-likeness (QED) is 0.812. The summed E-state index contributed by atoms with van der Waals surface area (Å²) in [5, 5.41) is 5.78. The van der Waals surface area contributed by atoms with Crippen molar-refractivity contribution in [3.63, 3.8) is 0 Å². The number of amides is 1. The van der Waals surface area contributed by atoms with Crippen LogP contribution < -0.4 is 10.7 Å². The zero-order valence-corrected chi connectivity index (χ0v) is 9.88. The van der Waals surface area contributed by atoms with Crippen LogP contribution in [0.4, 0.5) is 5.69 Å². The molecule has 0 unspecified atom stereocenters. The molecule has 0 atom stereocenters. The molecule has 1 aliphatic heterocycles. The lowest BCUT2D eigenvalue weighted by atomic mass is 10.1. The molecule has 2 N–H and O–H groups in total. The van der Waals surface area contributed by atoms with Crippen molar-refractivity contribution in [3.05, 3.63) is 28.3 Å². The Morgan fingerprint density at radius 2 is 2.12 bits per heavy atom. The highest BCUT2D eigenvalue weighted by molar-refractivity contribution is 6.35. The van der Waals surface area contributed by atoms with Gasteiger partial charge in [-0.1, -0.05) is 17.7 Å². The lowest BCUT2D eigenvalue weighted by Gasteiger charge is -2.15. The molecule has 0 fully saturated rings. The Morgan fingerprint density at radius 1 is 1.44 bits per heavy atom. The first kappa shape index (κ1) is 11.0. The highest BCUT2D eigenvalue weighted by Crippen LogP contribution is 2.32. The minimum absolute atomic E-state index is 0.150. The van der Waals surface area contributed by atoms with Crippen molar-refractivity contribution in [2.24, 2.45) is 10.8 Å². The first-order valence-electron chi connectivity index (χ1n) is 4.92. The minimum atomic E-state index is -0.150. The number of hydrazone groups is 1. The molecule has 0 saturated heterocycles. The largest absolute Gasteiger partial charge is 0.385 e. The molecule has 0 radical (unpaired) electrons. The van der Waals surface area contributed by atoms with Gasteiger partial charge in [-0.2, -0.15) is 10.1 Å². The molecule has 0 aromatic heterocycles. The van der Waals surface area contributed by atoms with Crippen molar-refractivity contribution in [2.75, 3.05) is 5.01 Å². The van der Waals surface area contributed by atoms with Crippen LogP contribution in [0.1, 0.15) is 17.5 Å². The third-order valence-corrected chi connectivity index (χ3v) is 3.14. The van der Waals surface area contributed by atoms with Crippen LogP contribution in [-0.2, 0) is 4.79 Å². The van der Waals surface area contributed by atoms with Gasteiger partial charge in [0.05, 0.1) is 17.1 Å². The van der Waals surface area contributed by atoms with Crippen molar-refractivity contribution in [2.45, 2.75) is 20.3 Å². The second-order valence-corrected chi connectivity index (χ2v) is 4.19. The van der Waals surface area contributed by atoms with Crippen LogP contribution in [0.25, 0.3) is 0 Å². The Balaban J connectivity index is 2.50. The summed E-state index contributed by atoms with van der Waals surface area (Å²) in [7, 11) is 0. The number of halogens is 1. The van der Waals surface area contributed by atoms with Crippen LogP contribution in [0.5, 0.6) is 0 Å². The lowest BCUT2D eigenvalue weighted by Crippen LogP contribution is -2.20. The molecule has 0 saturated carbocycles. The Hall–Kier alpha value is -1.55. The van der Waals surface area contributed by atoms with Crippen LogP contribution in [-0.4, -0.2) is 11.7 Å². The molecule has 1 amide bonds. The molecule has 16 heavy (non-hydrogen) atoms. The maximum Gasteiger partial charge on any atom is 0.255 e. The molecular weight excluding hydrogens is 226 g/mol. The average molecular weight is 238 g/mol. The number of benzene rings is 1. The summed E-state index contributed by atoms with van der Waals surface area (Å²) < 4.78 is 0. The van der Waals surface area contributed by atoms with Crippen molar-refractivity contribution in [1.29, 1.82) is 0 Å². The summed E-state index contributed by atoms with van der Waals surface area (Å²) in [6, 6.07) is 3.69. The molecule has 4 nitrogen and oxygen atoms in total. The van der Waals surface area contributed by atoms with E-state index in [1.165, 1.54) is 5.01 Å². The molecular formula is C11H12ClN3O. The Morgan fingerprint density at radius 3 is 2.69 bits per heavy atom. The van der Waals surface area contributed by atoms with Crippen molar-refractivity contribution in [1.82, 2.24) is 0 Å². The van der Waals surface area contributed by atoms with Crippen LogP contribution in [0.15, 0.2) is 17.2 Å². The predicted molar refractivity (Wildman–Crippen MR) is 64.7 cm³/mol. The molecule has 1 aromatic rings. The molecule has 84 valence electrons. The normalized spacial score (nSPS) is 15.6. The molecule has 1 aromatic carbocycles. The number of hydrogen-bond acceptors (Lipinski definition) is 3. The van der Waals surface area contributed by atoms with Crippen LogP contribution in [0.3, 0.4) is 0 Å². The summed E-state index contributed by atoms with van der Waals surface area (Å²) in [4.78, 5) is 11.6. The van der Waals surface area contributed by atoms with E-state index in [0.717, 1.165) is 11.1 Å².